The summed E-state index contributed by atoms with van der Waals surface area (Å²) in [5.41, 5.74) is 13.8. The lowest BCUT2D eigenvalue weighted by molar-refractivity contribution is 0.156. The van der Waals surface area contributed by atoms with Crippen molar-refractivity contribution < 1.29 is 0 Å². The Bertz CT molecular complexity index is 1460. The molecule has 38 heavy (non-hydrogen) atoms. The first-order valence-corrected chi connectivity index (χ1v) is 14.4. The van der Waals surface area contributed by atoms with Crippen molar-refractivity contribution in [3.63, 3.8) is 0 Å². The minimum atomic E-state index is -0.151. The first-order chi connectivity index (χ1) is 18.2. The number of fused-ring (bicyclic) bond motifs is 1. The van der Waals surface area contributed by atoms with Crippen LogP contribution in [0.2, 0.25) is 5.02 Å². The molecule has 1 aliphatic heterocycles. The Labute approximate surface area is 232 Å². The van der Waals surface area contributed by atoms with Crippen LogP contribution in [-0.4, -0.2) is 27.1 Å². The third kappa shape index (κ3) is 4.66. The fourth-order valence-electron chi connectivity index (χ4n) is 5.32. The van der Waals surface area contributed by atoms with Gasteiger partial charge in [0.05, 0.1) is 49.1 Å². The van der Waals surface area contributed by atoms with Crippen LogP contribution >= 0.6 is 22.9 Å². The molecule has 0 bridgehead atoms. The second kappa shape index (κ2) is 9.30. The minimum Gasteiger partial charge on any atom is -0.383 e. The zero-order valence-electron chi connectivity index (χ0n) is 22.2. The fourth-order valence-corrected chi connectivity index (χ4v) is 6.46. The summed E-state index contributed by atoms with van der Waals surface area (Å²) in [6.45, 7) is 9.22. The lowest BCUT2D eigenvalue weighted by atomic mass is 9.96. The number of aryl methyl sites for hydroxylation is 1. The number of thiazole rings is 1. The number of anilines is 2. The van der Waals surface area contributed by atoms with Crippen molar-refractivity contribution >= 4 is 45.2 Å². The van der Waals surface area contributed by atoms with Gasteiger partial charge in [0, 0.05) is 30.0 Å². The number of nitrogens with one attached hydrogen (secondary N) is 4. The molecule has 0 amide bonds. The Kier molecular flexibility index (Phi) is 6.17. The van der Waals surface area contributed by atoms with Crippen molar-refractivity contribution in [2.45, 2.75) is 65.0 Å². The number of halogens is 1. The predicted molar refractivity (Wildman–Crippen MR) is 154 cm³/mol. The SMILES string of the molecule is Cc1ncsc1[C@H](Nc1cc(Cl)c2ncc(C#N)c(NCC(C)(C)C)c2c1)C1=CN(C2(C3CC3)CC2)NN1. The molecule has 6 rings (SSSR count). The Morgan fingerprint density at radius 3 is 2.71 bits per heavy atom. The average Bonchev–Trinajstić information content (AvgIpc) is 3.79. The molecule has 3 aliphatic rings. The van der Waals surface area contributed by atoms with E-state index in [4.69, 9.17) is 11.6 Å². The molecule has 3 aromatic rings. The summed E-state index contributed by atoms with van der Waals surface area (Å²) in [5, 5.41) is 20.7. The standard InChI is InChI=1S/C28H33ClN8S/c1-16-26(38-15-33-16)25(22-13-37(36-35-22)28(7-8-28)18-5-6-18)34-19-9-20-23(32-14-27(2,3)4)17(11-30)12-31-24(20)21(29)10-19/h9-10,12-13,15,18,25,34-36H,5-8,14H2,1-4H3,(H,31,32)/t25-/m1/s1. The van der Waals surface area contributed by atoms with Crippen LogP contribution in [0.25, 0.3) is 10.9 Å². The van der Waals surface area contributed by atoms with Crippen molar-refractivity contribution in [1.82, 2.24) is 25.9 Å². The van der Waals surface area contributed by atoms with Gasteiger partial charge in [-0.15, -0.1) is 16.9 Å². The van der Waals surface area contributed by atoms with Crippen LogP contribution in [0.15, 0.2) is 35.7 Å². The maximum absolute atomic E-state index is 9.82. The molecule has 0 saturated heterocycles. The van der Waals surface area contributed by atoms with Crippen molar-refractivity contribution in [1.29, 1.82) is 5.26 Å². The number of hydrazine groups is 2. The van der Waals surface area contributed by atoms with E-state index in [-0.39, 0.29) is 17.0 Å². The summed E-state index contributed by atoms with van der Waals surface area (Å²) in [5.74, 6) is 0.782. The minimum absolute atomic E-state index is 0.0373. The second-order valence-corrected chi connectivity index (χ2v) is 13.2. The number of pyridine rings is 1. The van der Waals surface area contributed by atoms with Gasteiger partial charge in [0.15, 0.2) is 0 Å². The van der Waals surface area contributed by atoms with Crippen LogP contribution in [0, 0.1) is 29.6 Å². The lowest BCUT2D eigenvalue weighted by Gasteiger charge is -2.26. The van der Waals surface area contributed by atoms with Gasteiger partial charge in [-0.25, -0.2) is 4.98 Å². The number of aromatic nitrogens is 2. The molecule has 198 valence electrons. The van der Waals surface area contributed by atoms with E-state index in [0.717, 1.165) is 38.9 Å². The Morgan fingerprint density at radius 2 is 2.08 bits per heavy atom. The van der Waals surface area contributed by atoms with Crippen molar-refractivity contribution in [3.8, 4) is 6.07 Å². The highest BCUT2D eigenvalue weighted by atomic mass is 35.5. The van der Waals surface area contributed by atoms with E-state index in [0.29, 0.717) is 22.6 Å². The number of hydrogen-bond acceptors (Lipinski definition) is 9. The van der Waals surface area contributed by atoms with E-state index in [1.165, 1.54) is 25.7 Å². The maximum atomic E-state index is 9.82. The van der Waals surface area contributed by atoms with E-state index in [2.05, 4.69) is 69.6 Å². The van der Waals surface area contributed by atoms with Crippen LogP contribution in [0.4, 0.5) is 11.4 Å². The van der Waals surface area contributed by atoms with Crippen LogP contribution in [-0.2, 0) is 0 Å². The molecule has 4 N–H and O–H groups in total. The monoisotopic (exact) mass is 548 g/mol. The van der Waals surface area contributed by atoms with Crippen molar-refractivity contribution in [2.24, 2.45) is 11.3 Å². The predicted octanol–water partition coefficient (Wildman–Crippen LogP) is 6.24. The summed E-state index contributed by atoms with van der Waals surface area (Å²) >= 11 is 8.41. The smallest absolute Gasteiger partial charge is 0.106 e. The topological polar surface area (TPSA) is 101 Å². The van der Waals surface area contributed by atoms with E-state index in [1.807, 2.05) is 24.6 Å². The molecular weight excluding hydrogens is 516 g/mol. The molecule has 2 saturated carbocycles. The fraction of sp³-hybridized carbons (Fsp3) is 0.464. The molecule has 10 heteroatoms. The summed E-state index contributed by atoms with van der Waals surface area (Å²) in [6.07, 6.45) is 8.90. The van der Waals surface area contributed by atoms with Gasteiger partial charge in [-0.2, -0.15) is 5.26 Å². The molecule has 2 fully saturated rings. The third-order valence-electron chi connectivity index (χ3n) is 7.68. The molecule has 0 spiro atoms. The van der Waals surface area contributed by atoms with E-state index < -0.39 is 0 Å². The van der Waals surface area contributed by atoms with Crippen LogP contribution in [0.5, 0.6) is 0 Å². The third-order valence-corrected chi connectivity index (χ3v) is 8.96. The van der Waals surface area contributed by atoms with Crippen molar-refractivity contribution in [2.75, 3.05) is 17.2 Å². The lowest BCUT2D eigenvalue weighted by Crippen LogP contribution is -2.46. The first kappa shape index (κ1) is 25.2. The molecule has 3 heterocycles. The summed E-state index contributed by atoms with van der Waals surface area (Å²) < 4.78 is 0. The van der Waals surface area contributed by atoms with Crippen LogP contribution < -0.4 is 21.6 Å². The molecule has 2 aliphatic carbocycles. The van der Waals surface area contributed by atoms with Gasteiger partial charge in [-0.1, -0.05) is 32.4 Å². The highest BCUT2D eigenvalue weighted by Gasteiger charge is 2.58. The number of benzene rings is 1. The van der Waals surface area contributed by atoms with Crippen molar-refractivity contribution in [3.05, 3.63) is 56.9 Å². The van der Waals surface area contributed by atoms with Gasteiger partial charge >= 0.3 is 0 Å². The Morgan fingerprint density at radius 1 is 1.29 bits per heavy atom. The summed E-state index contributed by atoms with van der Waals surface area (Å²) in [7, 11) is 0. The van der Waals surface area contributed by atoms with Gasteiger partial charge in [-0.3, -0.25) is 9.99 Å². The highest BCUT2D eigenvalue weighted by molar-refractivity contribution is 7.09. The zero-order valence-corrected chi connectivity index (χ0v) is 23.7. The maximum Gasteiger partial charge on any atom is 0.106 e. The van der Waals surface area contributed by atoms with Crippen LogP contribution in [0.1, 0.15) is 68.6 Å². The van der Waals surface area contributed by atoms with Gasteiger partial charge in [0.1, 0.15) is 12.1 Å². The number of nitrogens with zero attached hydrogens (tertiary/aromatic N) is 4. The highest BCUT2D eigenvalue weighted by Crippen LogP contribution is 2.57. The Hall–Kier alpha value is -3.06. The van der Waals surface area contributed by atoms with Gasteiger partial charge < -0.3 is 16.1 Å². The quantitative estimate of drug-likeness (QED) is 0.262. The molecule has 1 aromatic carbocycles. The molecule has 2 aromatic heterocycles. The molecule has 1 atom stereocenters. The van der Waals surface area contributed by atoms with Crippen LogP contribution in [0.3, 0.4) is 0 Å². The molecule has 0 radical (unpaired) electrons. The number of hydrogen-bond donors (Lipinski definition) is 4. The summed E-state index contributed by atoms with van der Waals surface area (Å²) in [6, 6.07) is 6.09. The van der Waals surface area contributed by atoms with E-state index in [1.54, 1.807) is 17.5 Å². The second-order valence-electron chi connectivity index (χ2n) is 11.9. The Balaban J connectivity index is 1.38. The zero-order chi connectivity index (χ0) is 26.7. The average molecular weight is 549 g/mol. The summed E-state index contributed by atoms with van der Waals surface area (Å²) in [4.78, 5) is 10.2. The largest absolute Gasteiger partial charge is 0.383 e. The van der Waals surface area contributed by atoms with E-state index in [9.17, 15) is 5.26 Å². The van der Waals surface area contributed by atoms with E-state index >= 15 is 0 Å². The molecular formula is C28H33ClN8S. The number of rotatable bonds is 8. The molecule has 0 unspecified atom stereocenters. The van der Waals surface area contributed by atoms with Gasteiger partial charge in [0.25, 0.3) is 0 Å². The van der Waals surface area contributed by atoms with Gasteiger partial charge in [0.2, 0.25) is 0 Å². The normalized spacial score (nSPS) is 19.1. The molecule has 8 nitrogen and oxygen atoms in total. The first-order valence-electron chi connectivity index (χ1n) is 13.1. The number of nitriles is 1. The van der Waals surface area contributed by atoms with Gasteiger partial charge in [-0.05, 0) is 56.1 Å².